The standard InChI is InChI=1S/C26H18Cl2FNO3/c1-2-15-13-14-25(27)23(32)30(18-10-8-17(29)9-11-18)24(33)26(25,28)22(15)21-19-6-4-3-5-16(19)7-12-20(21)31/h2-13,22,31H,1,14H2. The van der Waals surface area contributed by atoms with Gasteiger partial charge in [-0.25, -0.2) is 9.29 Å². The van der Waals surface area contributed by atoms with E-state index in [0.29, 0.717) is 16.5 Å². The molecule has 0 saturated carbocycles. The van der Waals surface area contributed by atoms with E-state index in [-0.39, 0.29) is 17.9 Å². The number of amides is 2. The average Bonchev–Trinajstić information content (AvgIpc) is 2.97. The predicted octanol–water partition coefficient (Wildman–Crippen LogP) is 5.81. The summed E-state index contributed by atoms with van der Waals surface area (Å²) >= 11 is 14.1. The van der Waals surface area contributed by atoms with Crippen LogP contribution in [0, 0.1) is 5.82 Å². The first-order valence-electron chi connectivity index (χ1n) is 10.3. The summed E-state index contributed by atoms with van der Waals surface area (Å²) < 4.78 is 13.5. The second kappa shape index (κ2) is 7.44. The fourth-order valence-corrected chi connectivity index (χ4v) is 5.76. The Kier molecular flexibility index (Phi) is 4.89. The van der Waals surface area contributed by atoms with Crippen LogP contribution in [0.25, 0.3) is 10.8 Å². The number of fused-ring (bicyclic) bond motifs is 2. The molecule has 1 fully saturated rings. The summed E-state index contributed by atoms with van der Waals surface area (Å²) in [5.41, 5.74) is 1.14. The van der Waals surface area contributed by atoms with Gasteiger partial charge in [0.1, 0.15) is 11.6 Å². The number of hydrogen-bond acceptors (Lipinski definition) is 3. The van der Waals surface area contributed by atoms with Gasteiger partial charge in [-0.15, -0.1) is 23.2 Å². The number of nitrogens with zero attached hydrogens (tertiary/aromatic N) is 1. The van der Waals surface area contributed by atoms with Gasteiger partial charge in [-0.2, -0.15) is 0 Å². The number of hydrogen-bond donors (Lipinski definition) is 1. The summed E-state index contributed by atoms with van der Waals surface area (Å²) in [7, 11) is 0. The van der Waals surface area contributed by atoms with Crippen molar-refractivity contribution < 1.29 is 19.1 Å². The zero-order valence-corrected chi connectivity index (χ0v) is 18.8. The molecule has 2 amide bonds. The molecule has 0 bridgehead atoms. The molecule has 1 saturated heterocycles. The number of phenolic OH excluding ortho intramolecular Hbond substituents is 1. The molecule has 4 nitrogen and oxygen atoms in total. The van der Waals surface area contributed by atoms with E-state index >= 15 is 0 Å². The van der Waals surface area contributed by atoms with Crippen molar-refractivity contribution in [2.75, 3.05) is 4.90 Å². The Bertz CT molecular complexity index is 1370. The van der Waals surface area contributed by atoms with Crippen molar-refractivity contribution in [3.8, 4) is 5.75 Å². The Hall–Kier alpha value is -3.15. The lowest BCUT2D eigenvalue weighted by molar-refractivity contribution is -0.122. The molecule has 1 heterocycles. The molecule has 0 radical (unpaired) electrons. The fraction of sp³-hybridized carbons (Fsp3) is 0.154. The Morgan fingerprint density at radius 3 is 2.42 bits per heavy atom. The van der Waals surface area contributed by atoms with E-state index < -0.39 is 33.3 Å². The van der Waals surface area contributed by atoms with Gasteiger partial charge in [0.15, 0.2) is 9.75 Å². The minimum atomic E-state index is -1.96. The molecule has 3 unspecified atom stereocenters. The minimum absolute atomic E-state index is 0.0102. The maximum atomic E-state index is 13.9. The van der Waals surface area contributed by atoms with Gasteiger partial charge in [-0.05, 0) is 53.1 Å². The van der Waals surface area contributed by atoms with Crippen LogP contribution >= 0.6 is 23.2 Å². The van der Waals surface area contributed by atoms with Crippen LogP contribution in [0.2, 0.25) is 0 Å². The van der Waals surface area contributed by atoms with E-state index in [4.69, 9.17) is 23.2 Å². The number of anilines is 1. The maximum Gasteiger partial charge on any atom is 0.258 e. The number of alkyl halides is 2. The summed E-state index contributed by atoms with van der Waals surface area (Å²) in [5.74, 6) is -2.98. The second-order valence-corrected chi connectivity index (χ2v) is 9.44. The number of benzene rings is 3. The predicted molar refractivity (Wildman–Crippen MR) is 127 cm³/mol. The minimum Gasteiger partial charge on any atom is -0.508 e. The number of carbonyl (C=O) groups excluding carboxylic acids is 2. The molecule has 7 heteroatoms. The molecule has 0 aromatic heterocycles. The summed E-state index contributed by atoms with van der Waals surface area (Å²) in [4.78, 5) is 24.6. The molecule has 1 aliphatic carbocycles. The molecule has 3 aromatic carbocycles. The Morgan fingerprint density at radius 2 is 1.73 bits per heavy atom. The highest BCUT2D eigenvalue weighted by Gasteiger charge is 2.73. The molecule has 2 aliphatic rings. The molecule has 5 rings (SSSR count). The molecular formula is C26H18Cl2FNO3. The van der Waals surface area contributed by atoms with Crippen molar-refractivity contribution in [3.05, 3.63) is 96.3 Å². The van der Waals surface area contributed by atoms with Crippen molar-refractivity contribution in [2.24, 2.45) is 0 Å². The highest BCUT2D eigenvalue weighted by Crippen LogP contribution is 2.61. The third kappa shape index (κ3) is 2.82. The number of rotatable bonds is 3. The molecule has 166 valence electrons. The Balaban J connectivity index is 1.79. The molecule has 0 spiro atoms. The topological polar surface area (TPSA) is 57.6 Å². The van der Waals surface area contributed by atoms with E-state index in [1.54, 1.807) is 18.2 Å². The number of aromatic hydroxyl groups is 1. The van der Waals surface area contributed by atoms with E-state index in [9.17, 15) is 19.1 Å². The zero-order chi connectivity index (χ0) is 23.5. The molecule has 1 N–H and O–H groups in total. The zero-order valence-electron chi connectivity index (χ0n) is 17.3. The van der Waals surface area contributed by atoms with Crippen molar-refractivity contribution in [1.29, 1.82) is 0 Å². The highest BCUT2D eigenvalue weighted by molar-refractivity contribution is 6.58. The lowest BCUT2D eigenvalue weighted by atomic mass is 9.67. The number of halogens is 3. The Labute approximate surface area is 199 Å². The van der Waals surface area contributed by atoms with Crippen LogP contribution in [0.15, 0.2) is 85.0 Å². The fourth-order valence-electron chi connectivity index (χ4n) is 4.93. The molecule has 3 atom stereocenters. The Morgan fingerprint density at radius 1 is 1.03 bits per heavy atom. The van der Waals surface area contributed by atoms with Crippen LogP contribution in [-0.4, -0.2) is 26.7 Å². The first-order chi connectivity index (χ1) is 15.7. The van der Waals surface area contributed by atoms with Crippen LogP contribution in [0.1, 0.15) is 17.9 Å². The van der Waals surface area contributed by atoms with E-state index in [1.807, 2.05) is 24.3 Å². The van der Waals surface area contributed by atoms with E-state index in [1.165, 1.54) is 18.2 Å². The molecule has 3 aromatic rings. The first kappa shape index (κ1) is 21.7. The van der Waals surface area contributed by atoms with Crippen LogP contribution < -0.4 is 4.90 Å². The van der Waals surface area contributed by atoms with Crippen molar-refractivity contribution in [2.45, 2.75) is 22.1 Å². The van der Waals surface area contributed by atoms with Gasteiger partial charge in [0.25, 0.3) is 11.8 Å². The van der Waals surface area contributed by atoms with Gasteiger partial charge in [-0.1, -0.05) is 49.1 Å². The highest BCUT2D eigenvalue weighted by atomic mass is 35.5. The second-order valence-electron chi connectivity index (χ2n) is 8.20. The largest absolute Gasteiger partial charge is 0.508 e. The number of carbonyl (C=O) groups is 2. The van der Waals surface area contributed by atoms with Crippen LogP contribution in [-0.2, 0) is 9.59 Å². The number of allylic oxidation sites excluding steroid dienone is 3. The van der Waals surface area contributed by atoms with Gasteiger partial charge in [0.2, 0.25) is 0 Å². The SMILES string of the molecule is C=CC1=CCC2(Cl)C(=O)N(c3ccc(F)cc3)C(=O)C2(Cl)C1c1c(O)ccc2ccccc12. The molecule has 1 aliphatic heterocycles. The average molecular weight is 482 g/mol. The van der Waals surface area contributed by atoms with Gasteiger partial charge in [-0.3, -0.25) is 9.59 Å². The van der Waals surface area contributed by atoms with Gasteiger partial charge >= 0.3 is 0 Å². The molecular weight excluding hydrogens is 464 g/mol. The summed E-state index contributed by atoms with van der Waals surface area (Å²) in [6.07, 6.45) is 3.28. The molecule has 33 heavy (non-hydrogen) atoms. The van der Waals surface area contributed by atoms with Gasteiger partial charge in [0.05, 0.1) is 5.69 Å². The normalized spacial score (nSPS) is 26.9. The van der Waals surface area contributed by atoms with Crippen molar-refractivity contribution >= 4 is 51.5 Å². The van der Waals surface area contributed by atoms with Crippen molar-refractivity contribution in [3.63, 3.8) is 0 Å². The van der Waals surface area contributed by atoms with Crippen LogP contribution in [0.4, 0.5) is 10.1 Å². The summed E-state index contributed by atoms with van der Waals surface area (Å²) in [5, 5.41) is 12.4. The number of imide groups is 1. The maximum absolute atomic E-state index is 13.9. The lowest BCUT2D eigenvalue weighted by Crippen LogP contribution is -2.55. The monoisotopic (exact) mass is 481 g/mol. The lowest BCUT2D eigenvalue weighted by Gasteiger charge is -2.42. The van der Waals surface area contributed by atoms with E-state index in [0.717, 1.165) is 22.4 Å². The first-order valence-corrected chi connectivity index (χ1v) is 11.0. The third-order valence-corrected chi connectivity index (χ3v) is 7.95. The summed E-state index contributed by atoms with van der Waals surface area (Å²) in [6.45, 7) is 3.87. The summed E-state index contributed by atoms with van der Waals surface area (Å²) in [6, 6.07) is 15.6. The quantitative estimate of drug-likeness (QED) is 0.379. The van der Waals surface area contributed by atoms with Gasteiger partial charge < -0.3 is 5.11 Å². The number of phenols is 1. The van der Waals surface area contributed by atoms with Crippen LogP contribution in [0.3, 0.4) is 0 Å². The smallest absolute Gasteiger partial charge is 0.258 e. The van der Waals surface area contributed by atoms with E-state index in [2.05, 4.69) is 6.58 Å². The third-order valence-electron chi connectivity index (χ3n) is 6.54. The van der Waals surface area contributed by atoms with Gasteiger partial charge in [0, 0.05) is 11.5 Å². The van der Waals surface area contributed by atoms with Crippen LogP contribution in [0.5, 0.6) is 5.75 Å². The van der Waals surface area contributed by atoms with Crippen molar-refractivity contribution in [1.82, 2.24) is 0 Å².